The summed E-state index contributed by atoms with van der Waals surface area (Å²) in [6, 6.07) is 0. The van der Waals surface area contributed by atoms with Crippen molar-refractivity contribution in [3.8, 4) is 0 Å². The van der Waals surface area contributed by atoms with Crippen LogP contribution in [0.2, 0.25) is 0 Å². The average Bonchev–Trinajstić information content (AvgIpc) is 2.22. The number of rotatable bonds is 7. The topological polar surface area (TPSA) is 20.2 Å². The summed E-state index contributed by atoms with van der Waals surface area (Å²) in [7, 11) is 0. The second-order valence-electron chi connectivity index (χ2n) is 4.78. The van der Waals surface area contributed by atoms with Gasteiger partial charge >= 0.3 is 0 Å². The van der Waals surface area contributed by atoms with E-state index in [0.717, 1.165) is 6.42 Å². The lowest BCUT2D eigenvalue weighted by molar-refractivity contribution is -0.0557. The third-order valence-corrected chi connectivity index (χ3v) is 3.61. The third-order valence-electron chi connectivity index (χ3n) is 3.61. The Labute approximate surface area is 93.9 Å². The Bertz CT molecular complexity index is 227. The van der Waals surface area contributed by atoms with E-state index in [0.29, 0.717) is 5.92 Å². The molecule has 0 aromatic carbocycles. The van der Waals surface area contributed by atoms with E-state index in [1.807, 2.05) is 0 Å². The molecule has 0 radical (unpaired) electrons. The minimum atomic E-state index is -0.563. The van der Waals surface area contributed by atoms with E-state index in [2.05, 4.69) is 19.2 Å². The summed E-state index contributed by atoms with van der Waals surface area (Å²) in [5.41, 5.74) is 2.16. The van der Waals surface area contributed by atoms with Crippen LogP contribution in [0, 0.1) is 5.92 Å². The summed E-state index contributed by atoms with van der Waals surface area (Å²) < 4.78 is 0. The number of hydrogen-bond acceptors (Lipinski definition) is 1. The molecular formula is C14H24O. The van der Waals surface area contributed by atoms with E-state index in [9.17, 15) is 5.11 Å². The van der Waals surface area contributed by atoms with Gasteiger partial charge in [-0.25, -0.2) is 0 Å². The monoisotopic (exact) mass is 208 g/mol. The highest BCUT2D eigenvalue weighted by molar-refractivity contribution is 5.09. The first-order chi connectivity index (χ1) is 7.23. The summed E-state index contributed by atoms with van der Waals surface area (Å²) in [5.74, 6) is 0.466. The molecular weight excluding hydrogens is 184 g/mol. The molecule has 86 valence electrons. The number of hydrogen-bond donors (Lipinski definition) is 1. The van der Waals surface area contributed by atoms with Crippen molar-refractivity contribution in [3.63, 3.8) is 0 Å². The van der Waals surface area contributed by atoms with Crippen molar-refractivity contribution in [1.29, 1.82) is 0 Å². The molecule has 2 atom stereocenters. The van der Waals surface area contributed by atoms with Crippen molar-refractivity contribution in [2.24, 2.45) is 5.92 Å². The maximum atomic E-state index is 10.1. The van der Waals surface area contributed by atoms with E-state index < -0.39 is 5.60 Å². The van der Waals surface area contributed by atoms with Crippen molar-refractivity contribution in [2.75, 3.05) is 0 Å². The summed E-state index contributed by atoms with van der Waals surface area (Å²) in [4.78, 5) is 0. The van der Waals surface area contributed by atoms with Crippen molar-refractivity contribution < 1.29 is 5.11 Å². The summed E-state index contributed by atoms with van der Waals surface area (Å²) in [5, 5.41) is 10.1. The smallest absolute Gasteiger partial charge is 0.0928 e. The average molecular weight is 208 g/mol. The standard InChI is InChI=1S/C14H24O/c1-3-5-6-7-8-9-13-10-12-14(13,15)11-4-2/h11,13,15H,2-3,5-10,12H2,1H3/t13-,14-/m1/s1. The highest BCUT2D eigenvalue weighted by Crippen LogP contribution is 2.42. The zero-order chi connectivity index (χ0) is 11.1. The molecule has 0 aromatic heterocycles. The van der Waals surface area contributed by atoms with E-state index >= 15 is 0 Å². The summed E-state index contributed by atoms with van der Waals surface area (Å²) in [6.07, 6.45) is 11.6. The fraction of sp³-hybridized carbons (Fsp3) is 0.786. The van der Waals surface area contributed by atoms with Crippen LogP contribution in [0.4, 0.5) is 0 Å². The van der Waals surface area contributed by atoms with Gasteiger partial charge in [0.1, 0.15) is 0 Å². The van der Waals surface area contributed by atoms with Gasteiger partial charge < -0.3 is 5.11 Å². The molecule has 0 heterocycles. The Morgan fingerprint density at radius 2 is 2.13 bits per heavy atom. The van der Waals surface area contributed by atoms with Gasteiger partial charge in [0.25, 0.3) is 0 Å². The van der Waals surface area contributed by atoms with Crippen LogP contribution >= 0.6 is 0 Å². The van der Waals surface area contributed by atoms with Gasteiger partial charge in [0, 0.05) is 0 Å². The van der Waals surface area contributed by atoms with E-state index in [1.165, 1.54) is 44.9 Å². The van der Waals surface area contributed by atoms with Crippen LogP contribution in [-0.4, -0.2) is 10.7 Å². The van der Waals surface area contributed by atoms with Gasteiger partial charge in [-0.05, 0) is 31.3 Å². The second kappa shape index (κ2) is 6.15. The van der Waals surface area contributed by atoms with Crippen molar-refractivity contribution >= 4 is 0 Å². The van der Waals surface area contributed by atoms with E-state index in [1.54, 1.807) is 6.08 Å². The lowest BCUT2D eigenvalue weighted by Crippen LogP contribution is -2.45. The molecule has 1 aliphatic carbocycles. The van der Waals surface area contributed by atoms with Crippen LogP contribution in [0.25, 0.3) is 0 Å². The molecule has 1 rings (SSSR count). The molecule has 0 unspecified atom stereocenters. The largest absolute Gasteiger partial charge is 0.385 e. The summed E-state index contributed by atoms with van der Waals surface area (Å²) in [6.45, 7) is 5.78. The second-order valence-corrected chi connectivity index (χ2v) is 4.78. The molecule has 1 nitrogen and oxygen atoms in total. The zero-order valence-electron chi connectivity index (χ0n) is 9.97. The molecule has 15 heavy (non-hydrogen) atoms. The molecule has 0 saturated heterocycles. The van der Waals surface area contributed by atoms with E-state index in [4.69, 9.17) is 0 Å². The molecule has 1 heteroatoms. The molecule has 0 bridgehead atoms. The van der Waals surface area contributed by atoms with Crippen molar-refractivity contribution in [2.45, 2.75) is 63.9 Å². The predicted molar refractivity (Wildman–Crippen MR) is 64.8 cm³/mol. The van der Waals surface area contributed by atoms with Crippen LogP contribution in [0.15, 0.2) is 18.4 Å². The molecule has 1 saturated carbocycles. The quantitative estimate of drug-likeness (QED) is 0.498. The third kappa shape index (κ3) is 3.52. The molecule has 0 aromatic rings. The van der Waals surface area contributed by atoms with Gasteiger partial charge in [0.2, 0.25) is 0 Å². The Kier molecular flexibility index (Phi) is 5.14. The molecule has 0 amide bonds. The van der Waals surface area contributed by atoms with Gasteiger partial charge in [0.05, 0.1) is 5.60 Å². The highest BCUT2D eigenvalue weighted by atomic mass is 16.3. The maximum Gasteiger partial charge on any atom is 0.0928 e. The SMILES string of the molecule is C=C=C[C@@]1(O)CC[C@H]1CCCCCCC. The lowest BCUT2D eigenvalue weighted by atomic mass is 9.67. The predicted octanol–water partition coefficient (Wildman–Crippen LogP) is 3.83. The minimum absolute atomic E-state index is 0.466. The van der Waals surface area contributed by atoms with Gasteiger partial charge in [-0.15, -0.1) is 5.73 Å². The van der Waals surface area contributed by atoms with Crippen LogP contribution in [0.1, 0.15) is 58.3 Å². The Morgan fingerprint density at radius 3 is 2.67 bits per heavy atom. The molecule has 1 N–H and O–H groups in total. The van der Waals surface area contributed by atoms with Gasteiger partial charge in [-0.2, -0.15) is 0 Å². The zero-order valence-corrected chi connectivity index (χ0v) is 9.97. The van der Waals surface area contributed by atoms with Crippen LogP contribution < -0.4 is 0 Å². The Balaban J connectivity index is 2.14. The van der Waals surface area contributed by atoms with Gasteiger partial charge in [-0.1, -0.05) is 45.6 Å². The van der Waals surface area contributed by atoms with Crippen LogP contribution in [0.5, 0.6) is 0 Å². The first kappa shape index (κ1) is 12.5. The number of unbranched alkanes of at least 4 members (excludes halogenated alkanes) is 4. The summed E-state index contributed by atoms with van der Waals surface area (Å²) >= 11 is 0. The molecule has 0 spiro atoms. The highest BCUT2D eigenvalue weighted by Gasteiger charge is 2.42. The normalized spacial score (nSPS) is 29.3. The fourth-order valence-electron chi connectivity index (χ4n) is 2.40. The molecule has 1 fully saturated rings. The number of aliphatic hydroxyl groups is 1. The Hall–Kier alpha value is -0.520. The van der Waals surface area contributed by atoms with Crippen LogP contribution in [-0.2, 0) is 0 Å². The van der Waals surface area contributed by atoms with Crippen LogP contribution in [0.3, 0.4) is 0 Å². The first-order valence-electron chi connectivity index (χ1n) is 6.32. The minimum Gasteiger partial charge on any atom is -0.385 e. The molecule has 1 aliphatic rings. The lowest BCUT2D eigenvalue weighted by Gasteiger charge is -2.43. The Morgan fingerprint density at radius 1 is 1.40 bits per heavy atom. The van der Waals surface area contributed by atoms with E-state index in [-0.39, 0.29) is 0 Å². The van der Waals surface area contributed by atoms with Gasteiger partial charge in [-0.3, -0.25) is 0 Å². The fourth-order valence-corrected chi connectivity index (χ4v) is 2.40. The maximum absolute atomic E-state index is 10.1. The van der Waals surface area contributed by atoms with Gasteiger partial charge in [0.15, 0.2) is 0 Å². The van der Waals surface area contributed by atoms with Crippen molar-refractivity contribution in [1.82, 2.24) is 0 Å². The first-order valence-corrected chi connectivity index (χ1v) is 6.32. The molecule has 0 aliphatic heterocycles. The van der Waals surface area contributed by atoms with Crippen molar-refractivity contribution in [3.05, 3.63) is 18.4 Å².